The van der Waals surface area contributed by atoms with Gasteiger partial charge in [-0.15, -0.1) is 0 Å². The van der Waals surface area contributed by atoms with E-state index >= 15 is 0 Å². The van der Waals surface area contributed by atoms with E-state index in [9.17, 15) is 19.5 Å². The normalized spacial score (nSPS) is 16.8. The highest BCUT2D eigenvalue weighted by Gasteiger charge is 2.47. The summed E-state index contributed by atoms with van der Waals surface area (Å²) < 4.78 is 5.41. The van der Waals surface area contributed by atoms with Crippen molar-refractivity contribution in [1.82, 2.24) is 10.2 Å². The molecule has 0 saturated carbocycles. The second kappa shape index (κ2) is 12.5. The van der Waals surface area contributed by atoms with Gasteiger partial charge in [0.05, 0.1) is 0 Å². The van der Waals surface area contributed by atoms with Crippen LogP contribution in [0.15, 0.2) is 60.7 Å². The summed E-state index contributed by atoms with van der Waals surface area (Å²) >= 11 is 1.60. The van der Waals surface area contributed by atoms with Gasteiger partial charge in [0, 0.05) is 12.6 Å². The largest absolute Gasteiger partial charge is 0.480 e. The Morgan fingerprint density at radius 2 is 1.62 bits per heavy atom. The molecular formula is C29H38N2O5S. The van der Waals surface area contributed by atoms with Gasteiger partial charge < -0.3 is 20.1 Å². The fourth-order valence-electron chi connectivity index (χ4n) is 5.02. The lowest BCUT2D eigenvalue weighted by molar-refractivity contribution is -0.144. The molecular weight excluding hydrogens is 488 g/mol. The molecule has 2 unspecified atom stereocenters. The van der Waals surface area contributed by atoms with Crippen LogP contribution in [0.2, 0.25) is 0 Å². The van der Waals surface area contributed by atoms with E-state index in [-0.39, 0.29) is 18.4 Å². The first-order chi connectivity index (χ1) is 17.6. The summed E-state index contributed by atoms with van der Waals surface area (Å²) in [5.74, 6) is -0.449. The van der Waals surface area contributed by atoms with Gasteiger partial charge in [-0.2, -0.15) is 11.8 Å². The Balaban J connectivity index is 1.93. The summed E-state index contributed by atoms with van der Waals surface area (Å²) in [6.07, 6.45) is 3.50. The fraction of sp³-hybridized carbons (Fsp3) is 0.483. The maximum Gasteiger partial charge on any atom is 0.408 e. The Hall–Kier alpha value is -3.00. The third-order valence-corrected chi connectivity index (χ3v) is 7.34. The van der Waals surface area contributed by atoms with E-state index in [1.807, 2.05) is 66.9 Å². The van der Waals surface area contributed by atoms with Gasteiger partial charge in [0.1, 0.15) is 17.1 Å². The SMILES string of the molecule is CSCCC(NC(=O)OC(C)(C)C)C(=O)N1CCCC1CC(C(=O)O)(c1ccccc1)c1ccccc1. The topological polar surface area (TPSA) is 95.9 Å². The number of carboxylic acid groups (broad SMARTS) is 1. The molecule has 0 aliphatic carbocycles. The third-order valence-electron chi connectivity index (χ3n) is 6.70. The number of rotatable bonds is 10. The molecule has 200 valence electrons. The highest BCUT2D eigenvalue weighted by Crippen LogP contribution is 2.40. The van der Waals surface area contributed by atoms with Crippen molar-refractivity contribution in [2.24, 2.45) is 0 Å². The molecule has 8 heteroatoms. The number of benzene rings is 2. The van der Waals surface area contributed by atoms with Crippen LogP contribution < -0.4 is 5.32 Å². The molecule has 1 saturated heterocycles. The summed E-state index contributed by atoms with van der Waals surface area (Å²) in [5, 5.41) is 13.5. The first-order valence-electron chi connectivity index (χ1n) is 12.7. The quantitative estimate of drug-likeness (QED) is 0.448. The summed E-state index contributed by atoms with van der Waals surface area (Å²) in [7, 11) is 0. The van der Waals surface area contributed by atoms with Gasteiger partial charge in [-0.25, -0.2) is 4.79 Å². The summed E-state index contributed by atoms with van der Waals surface area (Å²) in [6, 6.07) is 17.4. The lowest BCUT2D eigenvalue weighted by Gasteiger charge is -2.37. The van der Waals surface area contributed by atoms with Gasteiger partial charge in [0.15, 0.2) is 0 Å². The van der Waals surface area contributed by atoms with Crippen molar-refractivity contribution in [3.05, 3.63) is 71.8 Å². The van der Waals surface area contributed by atoms with Gasteiger partial charge in [-0.05, 0) is 69.6 Å². The minimum absolute atomic E-state index is 0.192. The molecule has 0 spiro atoms. The van der Waals surface area contributed by atoms with Crippen molar-refractivity contribution in [1.29, 1.82) is 0 Å². The molecule has 0 radical (unpaired) electrons. The molecule has 1 aliphatic heterocycles. The van der Waals surface area contributed by atoms with E-state index in [4.69, 9.17) is 4.74 Å². The van der Waals surface area contributed by atoms with Crippen LogP contribution in [0, 0.1) is 0 Å². The van der Waals surface area contributed by atoms with E-state index in [1.165, 1.54) is 0 Å². The lowest BCUT2D eigenvalue weighted by Crippen LogP contribution is -2.53. The molecule has 1 aliphatic rings. The molecule has 2 amide bonds. The molecule has 1 fully saturated rings. The minimum atomic E-state index is -1.32. The van der Waals surface area contributed by atoms with Crippen LogP contribution in [0.3, 0.4) is 0 Å². The van der Waals surface area contributed by atoms with Crippen molar-refractivity contribution >= 4 is 29.7 Å². The molecule has 1 heterocycles. The third kappa shape index (κ3) is 7.06. The molecule has 37 heavy (non-hydrogen) atoms. The second-order valence-corrected chi connectivity index (χ2v) is 11.4. The Kier molecular flexibility index (Phi) is 9.65. The zero-order valence-corrected chi connectivity index (χ0v) is 22.9. The first-order valence-corrected chi connectivity index (χ1v) is 14.1. The van der Waals surface area contributed by atoms with Crippen molar-refractivity contribution in [2.75, 3.05) is 18.6 Å². The van der Waals surface area contributed by atoms with Gasteiger partial charge in [-0.3, -0.25) is 9.59 Å². The molecule has 2 aromatic carbocycles. The monoisotopic (exact) mass is 526 g/mol. The molecule has 7 nitrogen and oxygen atoms in total. The standard InChI is InChI=1S/C29H38N2O5S/c1-28(2,3)36-27(35)30-24(17-19-37-4)25(32)31-18-11-16-23(31)20-29(26(33)34,21-12-7-5-8-13-21)22-14-9-6-10-15-22/h5-10,12-15,23-24H,11,16-20H2,1-4H3,(H,30,35)(H,33,34). The van der Waals surface area contributed by atoms with E-state index in [2.05, 4.69) is 5.32 Å². The highest BCUT2D eigenvalue weighted by molar-refractivity contribution is 7.98. The molecule has 0 aromatic heterocycles. The number of likely N-dealkylation sites (tertiary alicyclic amines) is 1. The van der Waals surface area contributed by atoms with Crippen molar-refractivity contribution < 1.29 is 24.2 Å². The maximum atomic E-state index is 13.8. The minimum Gasteiger partial charge on any atom is -0.480 e. The number of hydrogen-bond acceptors (Lipinski definition) is 5. The number of nitrogens with zero attached hydrogens (tertiary/aromatic N) is 1. The predicted octanol–water partition coefficient (Wildman–Crippen LogP) is 5.08. The number of thioether (sulfide) groups is 1. The fourth-order valence-corrected chi connectivity index (χ4v) is 5.49. The number of hydrogen-bond donors (Lipinski definition) is 2. The zero-order chi connectivity index (χ0) is 27.1. The average molecular weight is 527 g/mol. The highest BCUT2D eigenvalue weighted by atomic mass is 32.2. The number of carbonyl (C=O) groups excluding carboxylic acids is 2. The maximum absolute atomic E-state index is 13.8. The van der Waals surface area contributed by atoms with Gasteiger partial charge >= 0.3 is 12.1 Å². The molecule has 2 N–H and O–H groups in total. The van der Waals surface area contributed by atoms with Crippen LogP contribution in [0.4, 0.5) is 4.79 Å². The lowest BCUT2D eigenvalue weighted by atomic mass is 9.70. The van der Waals surface area contributed by atoms with Crippen LogP contribution in [0.1, 0.15) is 57.6 Å². The van der Waals surface area contributed by atoms with Gasteiger partial charge in [0.2, 0.25) is 5.91 Å². The van der Waals surface area contributed by atoms with Crippen molar-refractivity contribution in [2.45, 2.75) is 69.6 Å². The van der Waals surface area contributed by atoms with Gasteiger partial charge in [-0.1, -0.05) is 60.7 Å². The molecule has 3 rings (SSSR count). The van der Waals surface area contributed by atoms with E-state index in [0.717, 1.165) is 6.42 Å². The molecule has 0 bridgehead atoms. The summed E-state index contributed by atoms with van der Waals surface area (Å²) in [5.41, 5.74) is -0.638. The van der Waals surface area contributed by atoms with Gasteiger partial charge in [0.25, 0.3) is 0 Å². The van der Waals surface area contributed by atoms with Crippen LogP contribution in [0.25, 0.3) is 0 Å². The number of nitrogens with one attached hydrogen (secondary N) is 1. The second-order valence-electron chi connectivity index (χ2n) is 10.5. The molecule has 2 atom stereocenters. The van der Waals surface area contributed by atoms with Crippen LogP contribution in [-0.4, -0.2) is 64.2 Å². The number of alkyl carbamates (subject to hydrolysis) is 1. The number of aliphatic carboxylic acids is 1. The zero-order valence-electron chi connectivity index (χ0n) is 22.1. The number of amides is 2. The van der Waals surface area contributed by atoms with Crippen molar-refractivity contribution in [3.8, 4) is 0 Å². The number of carbonyl (C=O) groups is 3. The van der Waals surface area contributed by atoms with Crippen LogP contribution in [-0.2, 0) is 19.7 Å². The first kappa shape index (κ1) is 28.6. The average Bonchev–Trinajstić information content (AvgIpc) is 3.32. The Bertz CT molecular complexity index is 1020. The Labute approximate surface area is 224 Å². The summed E-state index contributed by atoms with van der Waals surface area (Å²) in [4.78, 5) is 41.2. The predicted molar refractivity (Wildman–Crippen MR) is 147 cm³/mol. The van der Waals surface area contributed by atoms with Crippen molar-refractivity contribution in [3.63, 3.8) is 0 Å². The molecule has 2 aromatic rings. The van der Waals surface area contributed by atoms with E-state index in [1.54, 1.807) is 37.4 Å². The summed E-state index contributed by atoms with van der Waals surface area (Å²) in [6.45, 7) is 5.86. The number of carboxylic acids is 1. The van der Waals surface area contributed by atoms with E-state index < -0.39 is 29.1 Å². The van der Waals surface area contributed by atoms with Crippen LogP contribution >= 0.6 is 11.8 Å². The number of ether oxygens (including phenoxy) is 1. The Morgan fingerprint density at radius 3 is 2.11 bits per heavy atom. The smallest absolute Gasteiger partial charge is 0.408 e. The van der Waals surface area contributed by atoms with Crippen LogP contribution in [0.5, 0.6) is 0 Å². The van der Waals surface area contributed by atoms with E-state index in [0.29, 0.717) is 36.3 Å². The Morgan fingerprint density at radius 1 is 1.05 bits per heavy atom.